The third kappa shape index (κ3) is 5.98. The minimum atomic E-state index is -0.600. The maximum absolute atomic E-state index is 12.5. The third-order valence-electron chi connectivity index (χ3n) is 3.96. The number of hydrogen-bond acceptors (Lipinski definition) is 6. The Balaban J connectivity index is 0.00000312. The topological polar surface area (TPSA) is 136 Å². The quantitative estimate of drug-likeness (QED) is 0.511. The molecule has 0 saturated carbocycles. The highest BCUT2D eigenvalue weighted by Gasteiger charge is 2.28. The van der Waals surface area contributed by atoms with Crippen LogP contribution in [0.1, 0.15) is 25.7 Å². The van der Waals surface area contributed by atoms with Gasteiger partial charge in [-0.2, -0.15) is 4.68 Å². The molecule has 10 nitrogen and oxygen atoms in total. The molecule has 2 heterocycles. The molecule has 2 amide bonds. The summed E-state index contributed by atoms with van der Waals surface area (Å²) in [7, 11) is 0. The number of hydrogen-bond donors (Lipinski definition) is 2. The SMILES string of the molecule is Cl.NCCC(=O)NCC1CCCCN1C(=O)Cn1ccc([N+](=O)[O-])n1. The van der Waals surface area contributed by atoms with Crippen LogP contribution in [0, 0.1) is 10.1 Å². The lowest BCUT2D eigenvalue weighted by Gasteiger charge is -2.35. The fourth-order valence-electron chi connectivity index (χ4n) is 2.76. The van der Waals surface area contributed by atoms with Crippen LogP contribution in [0.4, 0.5) is 5.82 Å². The molecule has 1 aliphatic heterocycles. The standard InChI is InChI=1S/C14H22N6O4.ClH/c15-6-4-13(21)16-9-11-3-1-2-7-19(11)14(22)10-18-8-5-12(17-18)20(23)24;/h5,8,11H,1-4,6-7,9-10,15H2,(H,16,21);1H. The number of rotatable bonds is 7. The van der Waals surface area contributed by atoms with E-state index in [1.165, 1.54) is 16.9 Å². The van der Waals surface area contributed by atoms with Crippen molar-refractivity contribution in [2.45, 2.75) is 38.3 Å². The number of nitrogens with zero attached hydrogens (tertiary/aromatic N) is 4. The van der Waals surface area contributed by atoms with Gasteiger partial charge >= 0.3 is 5.82 Å². The summed E-state index contributed by atoms with van der Waals surface area (Å²) in [6.07, 6.45) is 4.39. The molecule has 11 heteroatoms. The monoisotopic (exact) mass is 374 g/mol. The number of carbonyl (C=O) groups excluding carboxylic acids is 2. The van der Waals surface area contributed by atoms with E-state index in [1.54, 1.807) is 4.90 Å². The van der Waals surface area contributed by atoms with E-state index in [4.69, 9.17) is 5.73 Å². The molecular weight excluding hydrogens is 352 g/mol. The van der Waals surface area contributed by atoms with E-state index in [9.17, 15) is 19.7 Å². The van der Waals surface area contributed by atoms with Crippen LogP contribution in [0.5, 0.6) is 0 Å². The van der Waals surface area contributed by atoms with Gasteiger partial charge in [0, 0.05) is 32.1 Å². The van der Waals surface area contributed by atoms with Crippen LogP contribution < -0.4 is 11.1 Å². The molecule has 1 aliphatic rings. The zero-order valence-electron chi connectivity index (χ0n) is 13.8. The van der Waals surface area contributed by atoms with Crippen LogP contribution in [0.3, 0.4) is 0 Å². The van der Waals surface area contributed by atoms with Gasteiger partial charge in [-0.15, -0.1) is 12.4 Å². The van der Waals surface area contributed by atoms with E-state index in [0.717, 1.165) is 19.3 Å². The number of aromatic nitrogens is 2. The fourth-order valence-corrected chi connectivity index (χ4v) is 2.76. The number of nitro groups is 1. The summed E-state index contributed by atoms with van der Waals surface area (Å²) < 4.78 is 1.26. The van der Waals surface area contributed by atoms with Crippen molar-refractivity contribution in [3.8, 4) is 0 Å². The van der Waals surface area contributed by atoms with Gasteiger partial charge in [-0.1, -0.05) is 0 Å². The maximum atomic E-state index is 12.5. The average molecular weight is 375 g/mol. The van der Waals surface area contributed by atoms with Crippen LogP contribution in [0.25, 0.3) is 0 Å². The highest BCUT2D eigenvalue weighted by molar-refractivity contribution is 5.85. The molecule has 0 aliphatic carbocycles. The van der Waals surface area contributed by atoms with Gasteiger partial charge in [-0.05, 0) is 24.2 Å². The Labute approximate surface area is 151 Å². The lowest BCUT2D eigenvalue weighted by atomic mass is 10.0. The molecule has 3 N–H and O–H groups in total. The largest absolute Gasteiger partial charge is 0.389 e. The van der Waals surface area contributed by atoms with E-state index in [-0.39, 0.29) is 55.6 Å². The third-order valence-corrected chi connectivity index (χ3v) is 3.96. The lowest BCUT2D eigenvalue weighted by Crippen LogP contribution is -2.50. The van der Waals surface area contributed by atoms with Crippen LogP contribution in [-0.2, 0) is 16.1 Å². The first kappa shape index (κ1) is 20.8. The second-order valence-corrected chi connectivity index (χ2v) is 5.71. The molecule has 25 heavy (non-hydrogen) atoms. The van der Waals surface area contributed by atoms with E-state index in [1.807, 2.05) is 0 Å². The van der Waals surface area contributed by atoms with Crippen molar-refractivity contribution in [2.75, 3.05) is 19.6 Å². The minimum Gasteiger partial charge on any atom is -0.358 e. The van der Waals surface area contributed by atoms with Crippen molar-refractivity contribution >= 4 is 30.0 Å². The van der Waals surface area contributed by atoms with Gasteiger partial charge in [0.1, 0.15) is 6.54 Å². The number of halogens is 1. The maximum Gasteiger partial charge on any atom is 0.389 e. The Kier molecular flexibility index (Phi) is 8.29. The summed E-state index contributed by atoms with van der Waals surface area (Å²) in [4.78, 5) is 35.8. The summed E-state index contributed by atoms with van der Waals surface area (Å²) in [5.41, 5.74) is 5.34. The zero-order chi connectivity index (χ0) is 17.5. The van der Waals surface area contributed by atoms with Crippen LogP contribution in [-0.4, -0.2) is 57.1 Å². The molecule has 0 radical (unpaired) electrons. The minimum absolute atomic E-state index is 0. The Morgan fingerprint density at radius 2 is 2.20 bits per heavy atom. The highest BCUT2D eigenvalue weighted by Crippen LogP contribution is 2.17. The Morgan fingerprint density at radius 3 is 2.84 bits per heavy atom. The first-order valence-corrected chi connectivity index (χ1v) is 7.95. The molecule has 2 rings (SSSR count). The molecule has 1 unspecified atom stereocenters. The number of nitrogens with two attached hydrogens (primary N) is 1. The van der Waals surface area contributed by atoms with Crippen molar-refractivity contribution in [1.82, 2.24) is 20.0 Å². The summed E-state index contributed by atoms with van der Waals surface area (Å²) in [6.45, 7) is 1.24. The predicted molar refractivity (Wildman–Crippen MR) is 92.2 cm³/mol. The molecule has 0 bridgehead atoms. The zero-order valence-corrected chi connectivity index (χ0v) is 14.6. The summed E-state index contributed by atoms with van der Waals surface area (Å²) in [5, 5.41) is 17.2. The first-order valence-electron chi connectivity index (χ1n) is 7.95. The molecule has 1 saturated heterocycles. The molecule has 0 spiro atoms. The number of carbonyl (C=O) groups is 2. The Morgan fingerprint density at radius 1 is 1.44 bits per heavy atom. The van der Waals surface area contributed by atoms with E-state index in [2.05, 4.69) is 10.4 Å². The van der Waals surface area contributed by atoms with Crippen LogP contribution in [0.2, 0.25) is 0 Å². The number of amides is 2. The smallest absolute Gasteiger partial charge is 0.358 e. The van der Waals surface area contributed by atoms with Crippen molar-refractivity contribution in [2.24, 2.45) is 5.73 Å². The van der Waals surface area contributed by atoms with Gasteiger partial charge in [0.15, 0.2) is 0 Å². The summed E-state index contributed by atoms with van der Waals surface area (Å²) >= 11 is 0. The molecule has 140 valence electrons. The van der Waals surface area contributed by atoms with Crippen molar-refractivity contribution < 1.29 is 14.5 Å². The van der Waals surface area contributed by atoms with Crippen LogP contribution >= 0.6 is 12.4 Å². The first-order chi connectivity index (χ1) is 11.5. The summed E-state index contributed by atoms with van der Waals surface area (Å²) in [5.74, 6) is -0.573. The second-order valence-electron chi connectivity index (χ2n) is 5.71. The number of likely N-dealkylation sites (tertiary alicyclic amines) is 1. The Hall–Kier alpha value is -2.20. The molecule has 1 aromatic rings. The van der Waals surface area contributed by atoms with E-state index < -0.39 is 4.92 Å². The summed E-state index contributed by atoms with van der Waals surface area (Å²) in [6, 6.07) is 1.19. The van der Waals surface area contributed by atoms with E-state index in [0.29, 0.717) is 13.1 Å². The second kappa shape index (κ2) is 9.94. The van der Waals surface area contributed by atoms with Crippen LogP contribution in [0.15, 0.2) is 12.3 Å². The van der Waals surface area contributed by atoms with Gasteiger partial charge in [-0.3, -0.25) is 9.59 Å². The molecule has 1 atom stereocenters. The van der Waals surface area contributed by atoms with Gasteiger partial charge in [0.05, 0.1) is 17.4 Å². The van der Waals surface area contributed by atoms with Crippen molar-refractivity contribution in [3.63, 3.8) is 0 Å². The van der Waals surface area contributed by atoms with Gasteiger partial charge in [0.2, 0.25) is 11.8 Å². The normalized spacial score (nSPS) is 16.8. The Bertz CT molecular complexity index is 608. The number of nitrogens with one attached hydrogen (secondary N) is 1. The predicted octanol–water partition coefficient (Wildman–Crippen LogP) is 0.0592. The fraction of sp³-hybridized carbons (Fsp3) is 0.643. The molecule has 1 aromatic heterocycles. The van der Waals surface area contributed by atoms with Crippen molar-refractivity contribution in [3.05, 3.63) is 22.4 Å². The average Bonchev–Trinajstić information content (AvgIpc) is 3.02. The van der Waals surface area contributed by atoms with Gasteiger partial charge < -0.3 is 26.1 Å². The van der Waals surface area contributed by atoms with Gasteiger partial charge in [0.25, 0.3) is 0 Å². The van der Waals surface area contributed by atoms with Gasteiger partial charge in [-0.25, -0.2) is 0 Å². The lowest BCUT2D eigenvalue weighted by molar-refractivity contribution is -0.389. The van der Waals surface area contributed by atoms with E-state index >= 15 is 0 Å². The highest BCUT2D eigenvalue weighted by atomic mass is 35.5. The number of piperidine rings is 1. The molecule has 0 aromatic carbocycles. The van der Waals surface area contributed by atoms with Crippen molar-refractivity contribution in [1.29, 1.82) is 0 Å². The molecular formula is C14H23ClN6O4. The molecule has 1 fully saturated rings.